The Morgan fingerprint density at radius 3 is 2.69 bits per heavy atom. The van der Waals surface area contributed by atoms with Gasteiger partial charge in [0.2, 0.25) is 0 Å². The average molecular weight is 239 g/mol. The number of methoxy groups -OCH3 is 1. The molecule has 3 atom stereocenters. The minimum atomic E-state index is 0.361. The molecule has 0 amide bonds. The van der Waals surface area contributed by atoms with E-state index >= 15 is 0 Å². The Morgan fingerprint density at radius 1 is 1.31 bits per heavy atom. The maximum Gasteiger partial charge on any atom is 0.122 e. The summed E-state index contributed by atoms with van der Waals surface area (Å²) in [5.41, 5.74) is 1.31. The first kappa shape index (κ1) is 11.8. The van der Waals surface area contributed by atoms with Gasteiger partial charge < -0.3 is 4.74 Å². The summed E-state index contributed by atoms with van der Waals surface area (Å²) in [6.45, 7) is 2.27. The predicted octanol–water partition coefficient (Wildman–Crippen LogP) is 3.89. The van der Waals surface area contributed by atoms with Gasteiger partial charge in [-0.3, -0.25) is 0 Å². The lowest BCUT2D eigenvalue weighted by Gasteiger charge is -2.18. The molecule has 0 spiro atoms. The van der Waals surface area contributed by atoms with Crippen LogP contribution in [0.3, 0.4) is 0 Å². The van der Waals surface area contributed by atoms with Crippen LogP contribution in [0.15, 0.2) is 24.3 Å². The summed E-state index contributed by atoms with van der Waals surface area (Å²) in [6.07, 6.45) is 3.49. The molecule has 16 heavy (non-hydrogen) atoms. The van der Waals surface area contributed by atoms with Crippen molar-refractivity contribution in [1.29, 1.82) is 0 Å². The molecule has 1 fully saturated rings. The quantitative estimate of drug-likeness (QED) is 0.726. The SMILES string of the molecule is COc1ccccc1CC1CCC(Cl)C1C. The van der Waals surface area contributed by atoms with E-state index < -0.39 is 0 Å². The van der Waals surface area contributed by atoms with Gasteiger partial charge in [-0.05, 0) is 42.7 Å². The summed E-state index contributed by atoms with van der Waals surface area (Å²) >= 11 is 6.27. The highest BCUT2D eigenvalue weighted by molar-refractivity contribution is 6.20. The molecule has 0 aliphatic heterocycles. The molecule has 0 bridgehead atoms. The van der Waals surface area contributed by atoms with Crippen LogP contribution in [0.2, 0.25) is 0 Å². The number of hydrogen-bond donors (Lipinski definition) is 0. The van der Waals surface area contributed by atoms with Gasteiger partial charge in [0.25, 0.3) is 0 Å². The molecule has 88 valence electrons. The van der Waals surface area contributed by atoms with E-state index in [2.05, 4.69) is 19.1 Å². The second-order valence-electron chi connectivity index (χ2n) is 4.73. The van der Waals surface area contributed by atoms with Crippen molar-refractivity contribution in [3.05, 3.63) is 29.8 Å². The molecule has 2 heteroatoms. The zero-order valence-corrected chi connectivity index (χ0v) is 10.7. The third-order valence-corrected chi connectivity index (χ3v) is 4.42. The maximum absolute atomic E-state index is 6.27. The number of hydrogen-bond acceptors (Lipinski definition) is 1. The molecule has 3 unspecified atom stereocenters. The fraction of sp³-hybridized carbons (Fsp3) is 0.571. The molecule has 1 aromatic rings. The lowest BCUT2D eigenvalue weighted by Crippen LogP contribution is -2.13. The van der Waals surface area contributed by atoms with E-state index in [0.29, 0.717) is 17.2 Å². The summed E-state index contributed by atoms with van der Waals surface area (Å²) in [7, 11) is 1.74. The van der Waals surface area contributed by atoms with Crippen molar-refractivity contribution in [2.24, 2.45) is 11.8 Å². The standard InChI is InChI=1S/C14H19ClO/c1-10-11(7-8-13(10)15)9-12-5-3-4-6-14(12)16-2/h3-6,10-11,13H,7-9H2,1-2H3. The Hall–Kier alpha value is -0.690. The van der Waals surface area contributed by atoms with Gasteiger partial charge in [-0.25, -0.2) is 0 Å². The van der Waals surface area contributed by atoms with Crippen molar-refractivity contribution >= 4 is 11.6 Å². The van der Waals surface area contributed by atoms with Gasteiger partial charge in [0, 0.05) is 5.38 Å². The van der Waals surface area contributed by atoms with E-state index in [-0.39, 0.29) is 0 Å². The molecule has 0 N–H and O–H groups in total. The Morgan fingerprint density at radius 2 is 2.06 bits per heavy atom. The van der Waals surface area contributed by atoms with Gasteiger partial charge in [-0.15, -0.1) is 11.6 Å². The van der Waals surface area contributed by atoms with Crippen molar-refractivity contribution in [3.63, 3.8) is 0 Å². The minimum Gasteiger partial charge on any atom is -0.496 e. The summed E-state index contributed by atoms with van der Waals surface area (Å²) < 4.78 is 5.38. The van der Waals surface area contributed by atoms with Gasteiger partial charge >= 0.3 is 0 Å². The van der Waals surface area contributed by atoms with Crippen LogP contribution in [0.5, 0.6) is 5.75 Å². The molecule has 2 rings (SSSR count). The van der Waals surface area contributed by atoms with Crippen LogP contribution in [0.4, 0.5) is 0 Å². The second kappa shape index (κ2) is 5.09. The van der Waals surface area contributed by atoms with Crippen molar-refractivity contribution in [3.8, 4) is 5.75 Å². The van der Waals surface area contributed by atoms with E-state index in [9.17, 15) is 0 Å². The van der Waals surface area contributed by atoms with Crippen LogP contribution in [-0.2, 0) is 6.42 Å². The van der Waals surface area contributed by atoms with Gasteiger partial charge in [0.15, 0.2) is 0 Å². The Kier molecular flexibility index (Phi) is 3.75. The number of para-hydroxylation sites is 1. The molecule has 1 nitrogen and oxygen atoms in total. The normalized spacial score (nSPS) is 29.3. The number of alkyl halides is 1. The van der Waals surface area contributed by atoms with Crippen LogP contribution >= 0.6 is 11.6 Å². The number of halogens is 1. The average Bonchev–Trinajstić information content (AvgIpc) is 2.62. The Labute approximate surface area is 103 Å². The maximum atomic E-state index is 6.27. The molecular formula is C14H19ClO. The third-order valence-electron chi connectivity index (χ3n) is 3.80. The van der Waals surface area contributed by atoms with Gasteiger partial charge in [-0.1, -0.05) is 25.1 Å². The molecular weight excluding hydrogens is 220 g/mol. The highest BCUT2D eigenvalue weighted by Gasteiger charge is 2.31. The molecule has 1 aliphatic rings. The highest BCUT2D eigenvalue weighted by atomic mass is 35.5. The molecule has 1 aliphatic carbocycles. The summed E-state index contributed by atoms with van der Waals surface area (Å²) in [6, 6.07) is 8.29. The first-order chi connectivity index (χ1) is 7.72. The molecule has 0 radical (unpaired) electrons. The smallest absolute Gasteiger partial charge is 0.122 e. The van der Waals surface area contributed by atoms with Gasteiger partial charge in [-0.2, -0.15) is 0 Å². The van der Waals surface area contributed by atoms with Crippen LogP contribution in [0, 0.1) is 11.8 Å². The fourth-order valence-corrected chi connectivity index (χ4v) is 2.97. The highest BCUT2D eigenvalue weighted by Crippen LogP contribution is 2.38. The molecule has 0 heterocycles. The van der Waals surface area contributed by atoms with Crippen molar-refractivity contribution in [2.75, 3.05) is 7.11 Å². The summed E-state index contributed by atoms with van der Waals surface area (Å²) in [5, 5.41) is 0.361. The van der Waals surface area contributed by atoms with Crippen molar-refractivity contribution < 1.29 is 4.74 Å². The lowest BCUT2D eigenvalue weighted by molar-refractivity contribution is 0.387. The van der Waals surface area contributed by atoms with Crippen LogP contribution < -0.4 is 4.74 Å². The van der Waals surface area contributed by atoms with Crippen LogP contribution in [-0.4, -0.2) is 12.5 Å². The largest absolute Gasteiger partial charge is 0.496 e. The summed E-state index contributed by atoms with van der Waals surface area (Å²) in [4.78, 5) is 0. The van der Waals surface area contributed by atoms with Crippen molar-refractivity contribution in [2.45, 2.75) is 31.6 Å². The van der Waals surface area contributed by atoms with Crippen LogP contribution in [0.1, 0.15) is 25.3 Å². The zero-order chi connectivity index (χ0) is 11.5. The zero-order valence-electron chi connectivity index (χ0n) is 9.95. The molecule has 1 aromatic carbocycles. The number of ether oxygens (including phenoxy) is 1. The van der Waals surface area contributed by atoms with Crippen LogP contribution in [0.25, 0.3) is 0 Å². The van der Waals surface area contributed by atoms with E-state index in [1.807, 2.05) is 12.1 Å². The third kappa shape index (κ3) is 2.35. The predicted molar refractivity (Wildman–Crippen MR) is 68.2 cm³/mol. The number of rotatable bonds is 3. The van der Waals surface area contributed by atoms with Crippen molar-refractivity contribution in [1.82, 2.24) is 0 Å². The first-order valence-corrected chi connectivity index (χ1v) is 6.42. The Bertz CT molecular complexity index is 350. The second-order valence-corrected chi connectivity index (χ2v) is 5.29. The van der Waals surface area contributed by atoms with Gasteiger partial charge in [0.1, 0.15) is 5.75 Å². The van der Waals surface area contributed by atoms with E-state index in [1.165, 1.54) is 12.0 Å². The van der Waals surface area contributed by atoms with Gasteiger partial charge in [0.05, 0.1) is 7.11 Å². The summed E-state index contributed by atoms with van der Waals surface area (Å²) in [5.74, 6) is 2.33. The molecule has 0 saturated heterocycles. The topological polar surface area (TPSA) is 9.23 Å². The fourth-order valence-electron chi connectivity index (χ4n) is 2.64. The van der Waals surface area contributed by atoms with E-state index in [0.717, 1.165) is 18.6 Å². The number of benzene rings is 1. The lowest BCUT2D eigenvalue weighted by atomic mass is 9.90. The van der Waals surface area contributed by atoms with E-state index in [4.69, 9.17) is 16.3 Å². The molecule has 0 aromatic heterocycles. The minimum absolute atomic E-state index is 0.361. The monoisotopic (exact) mass is 238 g/mol. The Balaban J connectivity index is 2.09. The first-order valence-electron chi connectivity index (χ1n) is 5.98. The molecule has 1 saturated carbocycles. The van der Waals surface area contributed by atoms with E-state index in [1.54, 1.807) is 7.11 Å².